The second-order valence-electron chi connectivity index (χ2n) is 6.17. The van der Waals surface area contributed by atoms with Gasteiger partial charge in [-0.15, -0.1) is 0 Å². The van der Waals surface area contributed by atoms with E-state index in [1.54, 1.807) is 19.0 Å². The topological polar surface area (TPSA) is 86.7 Å². The molecule has 1 unspecified atom stereocenters. The Kier molecular flexibility index (Phi) is 4.90. The highest BCUT2D eigenvalue weighted by molar-refractivity contribution is 7.88. The van der Waals surface area contributed by atoms with E-state index in [4.69, 9.17) is 0 Å². The molecule has 23 heavy (non-hydrogen) atoms. The van der Waals surface area contributed by atoms with Crippen molar-refractivity contribution < 1.29 is 13.2 Å². The van der Waals surface area contributed by atoms with Crippen molar-refractivity contribution in [3.05, 3.63) is 17.5 Å². The van der Waals surface area contributed by atoms with E-state index in [-0.39, 0.29) is 11.8 Å². The summed E-state index contributed by atoms with van der Waals surface area (Å²) in [5, 5.41) is 0. The number of carbonyl (C=O) groups excluding carboxylic acids is 1. The molecule has 2 heterocycles. The quantitative estimate of drug-likeness (QED) is 0.766. The van der Waals surface area contributed by atoms with Crippen molar-refractivity contribution in [2.24, 2.45) is 0 Å². The second kappa shape index (κ2) is 6.40. The fourth-order valence-electron chi connectivity index (χ4n) is 2.57. The van der Waals surface area contributed by atoms with Crippen molar-refractivity contribution in [1.82, 2.24) is 19.2 Å². The molecule has 1 fully saturated rings. The summed E-state index contributed by atoms with van der Waals surface area (Å²) < 4.78 is 24.9. The summed E-state index contributed by atoms with van der Waals surface area (Å²) in [6.07, 6.45) is 3.38. The van der Waals surface area contributed by atoms with Gasteiger partial charge in [-0.05, 0) is 6.42 Å². The largest absolute Gasteiger partial charge is 0.347 e. The normalized spacial score (nSPS) is 18.9. The Balaban J connectivity index is 2.42. The van der Waals surface area contributed by atoms with Crippen LogP contribution in [0.3, 0.4) is 0 Å². The minimum absolute atomic E-state index is 0.106. The van der Waals surface area contributed by atoms with Gasteiger partial charge in [0, 0.05) is 53.4 Å². The van der Waals surface area contributed by atoms with Crippen LogP contribution in [0.25, 0.3) is 0 Å². The van der Waals surface area contributed by atoms with Crippen LogP contribution in [-0.4, -0.2) is 81.0 Å². The summed E-state index contributed by atoms with van der Waals surface area (Å²) in [4.78, 5) is 24.4. The molecule has 0 radical (unpaired) electrons. The van der Waals surface area contributed by atoms with Crippen molar-refractivity contribution >= 4 is 21.9 Å². The Hall–Kier alpha value is -1.74. The first-order valence-electron chi connectivity index (χ1n) is 7.32. The molecule has 8 nitrogen and oxygen atoms in total. The van der Waals surface area contributed by atoms with Gasteiger partial charge in [0.05, 0.1) is 17.5 Å². The molecule has 2 rings (SSSR count). The Morgan fingerprint density at radius 1 is 1.30 bits per heavy atom. The van der Waals surface area contributed by atoms with Gasteiger partial charge in [-0.2, -0.15) is 0 Å². The highest BCUT2D eigenvalue weighted by Crippen LogP contribution is 2.30. The third kappa shape index (κ3) is 3.78. The number of sulfonamides is 1. The molecule has 0 bridgehead atoms. The zero-order valence-corrected chi connectivity index (χ0v) is 15.0. The van der Waals surface area contributed by atoms with Crippen LogP contribution in [0.5, 0.6) is 0 Å². The van der Waals surface area contributed by atoms with E-state index in [1.165, 1.54) is 21.7 Å². The van der Waals surface area contributed by atoms with Crippen molar-refractivity contribution in [1.29, 1.82) is 0 Å². The van der Waals surface area contributed by atoms with Gasteiger partial charge in [-0.3, -0.25) is 4.79 Å². The van der Waals surface area contributed by atoms with Gasteiger partial charge in [-0.1, -0.05) is 0 Å². The smallest absolute Gasteiger partial charge is 0.256 e. The molecular formula is C14H23N5O3S. The highest BCUT2D eigenvalue weighted by atomic mass is 32.2. The molecule has 0 aliphatic carbocycles. The number of carbonyl (C=O) groups is 1. The lowest BCUT2D eigenvalue weighted by molar-refractivity contribution is 0.0825. The predicted octanol–water partition coefficient (Wildman–Crippen LogP) is -0.00670. The summed E-state index contributed by atoms with van der Waals surface area (Å²) in [5.41, 5.74) is 1.05. The third-order valence-corrected chi connectivity index (χ3v) is 5.12. The summed E-state index contributed by atoms with van der Waals surface area (Å²) in [5.74, 6) is 0.224. The summed E-state index contributed by atoms with van der Waals surface area (Å²) in [6.45, 7) is 0.789. The Morgan fingerprint density at radius 3 is 2.43 bits per heavy atom. The monoisotopic (exact) mass is 341 g/mol. The lowest BCUT2D eigenvalue weighted by Gasteiger charge is -2.19. The first kappa shape index (κ1) is 17.6. The molecule has 1 aliphatic heterocycles. The number of amides is 1. The zero-order chi connectivity index (χ0) is 17.4. The lowest BCUT2D eigenvalue weighted by atomic mass is 9.99. The van der Waals surface area contributed by atoms with Gasteiger partial charge in [0.25, 0.3) is 5.91 Å². The minimum atomic E-state index is -3.24. The molecule has 1 atom stereocenters. The van der Waals surface area contributed by atoms with E-state index in [2.05, 4.69) is 9.97 Å². The molecule has 0 spiro atoms. The van der Waals surface area contributed by atoms with Crippen LogP contribution in [0.4, 0.5) is 5.95 Å². The average Bonchev–Trinajstić information content (AvgIpc) is 2.95. The minimum Gasteiger partial charge on any atom is -0.347 e. The zero-order valence-electron chi connectivity index (χ0n) is 14.1. The Labute approximate surface area is 137 Å². The van der Waals surface area contributed by atoms with Gasteiger partial charge < -0.3 is 9.80 Å². The van der Waals surface area contributed by atoms with Crippen LogP contribution >= 0.6 is 0 Å². The molecule has 1 aromatic rings. The highest BCUT2D eigenvalue weighted by Gasteiger charge is 2.33. The summed E-state index contributed by atoms with van der Waals surface area (Å²) in [6, 6.07) is 0. The number of hydrogen-bond acceptors (Lipinski definition) is 6. The van der Waals surface area contributed by atoms with E-state index in [0.29, 0.717) is 36.7 Å². The fourth-order valence-corrected chi connectivity index (χ4v) is 3.46. The molecule has 0 saturated carbocycles. The maximum atomic E-state index is 12.4. The molecular weight excluding hydrogens is 318 g/mol. The van der Waals surface area contributed by atoms with Crippen LogP contribution in [-0.2, 0) is 10.0 Å². The first-order valence-corrected chi connectivity index (χ1v) is 9.17. The second-order valence-corrected chi connectivity index (χ2v) is 8.15. The van der Waals surface area contributed by atoms with Gasteiger partial charge in [-0.25, -0.2) is 22.7 Å². The average molecular weight is 341 g/mol. The van der Waals surface area contributed by atoms with Crippen molar-refractivity contribution in [2.75, 3.05) is 52.4 Å². The molecule has 1 aliphatic rings. The first-order chi connectivity index (χ1) is 10.6. The van der Waals surface area contributed by atoms with Crippen LogP contribution < -0.4 is 4.90 Å². The van der Waals surface area contributed by atoms with Crippen LogP contribution in [0, 0.1) is 0 Å². The van der Waals surface area contributed by atoms with Gasteiger partial charge >= 0.3 is 0 Å². The van der Waals surface area contributed by atoms with E-state index in [0.717, 1.165) is 0 Å². The van der Waals surface area contributed by atoms with E-state index < -0.39 is 10.0 Å². The Bertz CT molecular complexity index is 702. The molecule has 1 saturated heterocycles. The molecule has 1 amide bonds. The number of rotatable bonds is 4. The number of aromatic nitrogens is 2. The number of hydrogen-bond donors (Lipinski definition) is 0. The van der Waals surface area contributed by atoms with Crippen LogP contribution in [0.15, 0.2) is 6.20 Å². The fraction of sp³-hybridized carbons (Fsp3) is 0.643. The van der Waals surface area contributed by atoms with E-state index in [1.807, 2.05) is 14.1 Å². The number of nitrogens with zero attached hydrogens (tertiary/aromatic N) is 5. The molecule has 0 aromatic carbocycles. The van der Waals surface area contributed by atoms with Crippen molar-refractivity contribution in [2.45, 2.75) is 12.3 Å². The lowest BCUT2D eigenvalue weighted by Crippen LogP contribution is -2.29. The standard InChI is InChI=1S/C14H23N5O3S/c1-17(2)13(20)11-8-15-14(18(3)4)16-12(11)10-6-7-19(9-10)23(5,21)22/h8,10H,6-7,9H2,1-5H3. The van der Waals surface area contributed by atoms with E-state index in [9.17, 15) is 13.2 Å². The predicted molar refractivity (Wildman–Crippen MR) is 88.2 cm³/mol. The molecule has 1 aromatic heterocycles. The molecule has 9 heteroatoms. The van der Waals surface area contributed by atoms with E-state index >= 15 is 0 Å². The molecule has 0 N–H and O–H groups in total. The van der Waals surface area contributed by atoms with Gasteiger partial charge in [0.1, 0.15) is 0 Å². The SMILES string of the molecule is CN(C)C(=O)c1cnc(N(C)C)nc1C1CCN(S(C)(=O)=O)C1. The maximum absolute atomic E-state index is 12.4. The van der Waals surface area contributed by atoms with Crippen LogP contribution in [0.1, 0.15) is 28.4 Å². The third-order valence-electron chi connectivity index (χ3n) is 3.85. The van der Waals surface area contributed by atoms with Crippen molar-refractivity contribution in [3.8, 4) is 0 Å². The van der Waals surface area contributed by atoms with Crippen molar-refractivity contribution in [3.63, 3.8) is 0 Å². The Morgan fingerprint density at radius 2 is 1.96 bits per heavy atom. The number of anilines is 1. The molecule has 128 valence electrons. The maximum Gasteiger partial charge on any atom is 0.256 e. The van der Waals surface area contributed by atoms with Gasteiger partial charge in [0.2, 0.25) is 16.0 Å². The van der Waals surface area contributed by atoms with Crippen LogP contribution in [0.2, 0.25) is 0 Å². The summed E-state index contributed by atoms with van der Waals surface area (Å²) in [7, 11) is 3.75. The van der Waals surface area contributed by atoms with Gasteiger partial charge in [0.15, 0.2) is 0 Å². The summed E-state index contributed by atoms with van der Waals surface area (Å²) >= 11 is 0.